The summed E-state index contributed by atoms with van der Waals surface area (Å²) in [5, 5.41) is 3.69. The van der Waals surface area contributed by atoms with Gasteiger partial charge in [-0.1, -0.05) is 78.0 Å². The van der Waals surface area contributed by atoms with Crippen molar-refractivity contribution in [3.8, 4) is 28.4 Å². The molecule has 43 heavy (non-hydrogen) atoms. The summed E-state index contributed by atoms with van der Waals surface area (Å²) in [6.07, 6.45) is 5.12. The van der Waals surface area contributed by atoms with Crippen molar-refractivity contribution in [3.05, 3.63) is 76.9 Å². The maximum absolute atomic E-state index is 11.9. The fraction of sp³-hybridized carbons (Fsp3) is 0.378. The molecule has 0 atom stereocenters. The van der Waals surface area contributed by atoms with Crippen LogP contribution in [-0.4, -0.2) is 27.3 Å². The van der Waals surface area contributed by atoms with Crippen molar-refractivity contribution >= 4 is 37.7 Å². The number of hydrogen-bond acceptors (Lipinski definition) is 5. The lowest BCUT2D eigenvalue weighted by atomic mass is 9.82. The van der Waals surface area contributed by atoms with Gasteiger partial charge in [0.05, 0.1) is 18.2 Å². The van der Waals surface area contributed by atoms with E-state index in [9.17, 15) is 4.79 Å². The maximum Gasteiger partial charge on any atom is 0.258 e. The van der Waals surface area contributed by atoms with Crippen LogP contribution in [0.2, 0.25) is 16.6 Å². The van der Waals surface area contributed by atoms with E-state index in [1.807, 2.05) is 42.5 Å². The van der Waals surface area contributed by atoms with Crippen molar-refractivity contribution in [2.45, 2.75) is 84.5 Å². The second-order valence-electron chi connectivity index (χ2n) is 13.3. The predicted octanol–water partition coefficient (Wildman–Crippen LogP) is 10.2. The number of nitrogens with one attached hydrogen (secondary N) is 1. The smallest absolute Gasteiger partial charge is 0.258 e. The van der Waals surface area contributed by atoms with Gasteiger partial charge in [0.15, 0.2) is 12.0 Å². The first-order valence-corrected chi connectivity index (χ1v) is 17.5. The number of carbonyl (C=O) groups is 1. The molecule has 2 aliphatic rings. The normalized spacial score (nSPS) is 16.2. The first-order valence-electron chi connectivity index (χ1n) is 15.3. The van der Waals surface area contributed by atoms with Crippen LogP contribution < -0.4 is 19.2 Å². The Balaban J connectivity index is 1.79. The summed E-state index contributed by atoms with van der Waals surface area (Å²) in [4.78, 5) is 11.9. The van der Waals surface area contributed by atoms with Gasteiger partial charge in [0.2, 0.25) is 0 Å². The minimum absolute atomic E-state index is 0.191. The highest BCUT2D eigenvalue weighted by Crippen LogP contribution is 2.55. The van der Waals surface area contributed by atoms with Crippen molar-refractivity contribution in [3.63, 3.8) is 0 Å². The van der Waals surface area contributed by atoms with Gasteiger partial charge in [0.1, 0.15) is 17.3 Å². The fourth-order valence-corrected chi connectivity index (χ4v) is 12.7. The largest absolute Gasteiger partial charge is 0.540 e. The second kappa shape index (κ2) is 11.4. The molecule has 2 heterocycles. The van der Waals surface area contributed by atoms with Crippen LogP contribution in [0.1, 0.15) is 89.4 Å². The molecule has 5 rings (SSSR count). The summed E-state index contributed by atoms with van der Waals surface area (Å²) in [6.45, 7) is 20.2. The van der Waals surface area contributed by atoms with E-state index in [0.29, 0.717) is 39.4 Å². The zero-order chi connectivity index (χ0) is 31.3. The van der Waals surface area contributed by atoms with Crippen molar-refractivity contribution in [1.29, 1.82) is 0 Å². The number of anilines is 1. The van der Waals surface area contributed by atoms with Crippen LogP contribution in [0.4, 0.5) is 5.69 Å². The van der Waals surface area contributed by atoms with E-state index in [1.165, 1.54) is 0 Å². The molecule has 0 saturated carbocycles. The first kappa shape index (κ1) is 30.7. The first-order chi connectivity index (χ1) is 20.3. The number of benzene rings is 3. The number of rotatable bonds is 8. The van der Waals surface area contributed by atoms with Gasteiger partial charge < -0.3 is 19.2 Å². The number of fused-ring (bicyclic) bond motifs is 5. The molecule has 226 valence electrons. The van der Waals surface area contributed by atoms with Gasteiger partial charge in [0.25, 0.3) is 8.32 Å². The van der Waals surface area contributed by atoms with Gasteiger partial charge in [0, 0.05) is 27.9 Å². The predicted molar refractivity (Wildman–Crippen MR) is 182 cm³/mol. The summed E-state index contributed by atoms with van der Waals surface area (Å²) in [6, 6.07) is 15.9. The van der Waals surface area contributed by atoms with E-state index in [4.69, 9.17) is 13.9 Å². The van der Waals surface area contributed by atoms with Gasteiger partial charge in [-0.25, -0.2) is 0 Å². The van der Waals surface area contributed by atoms with Gasteiger partial charge in [-0.3, -0.25) is 4.79 Å². The minimum Gasteiger partial charge on any atom is -0.540 e. The number of allylic oxidation sites excluding steroid dienone is 1. The molecule has 1 N–H and O–H groups in total. The second-order valence-corrected chi connectivity index (χ2v) is 18.7. The molecule has 0 aromatic heterocycles. The third-order valence-electron chi connectivity index (χ3n) is 9.06. The number of methoxy groups -OCH3 is 1. The van der Waals surface area contributed by atoms with E-state index in [0.717, 1.165) is 51.1 Å². The lowest BCUT2D eigenvalue weighted by Crippen LogP contribution is -2.50. The lowest BCUT2D eigenvalue weighted by Gasteiger charge is -2.42. The topological polar surface area (TPSA) is 56.8 Å². The lowest BCUT2D eigenvalue weighted by molar-refractivity contribution is 0.112. The highest BCUT2D eigenvalue weighted by Gasteiger charge is 2.48. The van der Waals surface area contributed by atoms with Gasteiger partial charge in [-0.05, 0) is 72.8 Å². The molecular formula is C37H45NO4Si. The Kier molecular flexibility index (Phi) is 8.12. The zero-order valence-corrected chi connectivity index (χ0v) is 28.2. The molecule has 0 bridgehead atoms. The number of carbonyl (C=O) groups excluding carboxylic acids is 1. The van der Waals surface area contributed by atoms with Crippen LogP contribution in [0.5, 0.6) is 17.2 Å². The highest BCUT2D eigenvalue weighted by atomic mass is 28.4. The third kappa shape index (κ3) is 5.20. The SMILES string of the molecule is COc1c(O[Si](C(C)C)(C(C)C)C(C)C)ccc2c1-c1ccc3c(c1C(=Cc1ccccc1C=O)O2)C(C)=CC(C)(C)N3. The quantitative estimate of drug-likeness (QED) is 0.207. The Morgan fingerprint density at radius 3 is 2.12 bits per heavy atom. The Labute approximate surface area is 258 Å². The minimum atomic E-state index is -2.26. The average Bonchev–Trinajstić information content (AvgIpc) is 2.94. The summed E-state index contributed by atoms with van der Waals surface area (Å²) in [5.41, 5.74) is 8.63. The van der Waals surface area contributed by atoms with Gasteiger partial charge >= 0.3 is 0 Å². The Morgan fingerprint density at radius 2 is 1.51 bits per heavy atom. The number of hydrogen-bond donors (Lipinski definition) is 1. The molecule has 6 heteroatoms. The maximum atomic E-state index is 11.9. The van der Waals surface area contributed by atoms with Crippen molar-refractivity contribution in [2.24, 2.45) is 0 Å². The van der Waals surface area contributed by atoms with E-state index in [-0.39, 0.29) is 5.54 Å². The molecule has 0 radical (unpaired) electrons. The van der Waals surface area contributed by atoms with Crippen molar-refractivity contribution < 1.29 is 18.7 Å². The van der Waals surface area contributed by atoms with Crippen molar-refractivity contribution in [2.75, 3.05) is 12.4 Å². The molecule has 0 spiro atoms. The highest BCUT2D eigenvalue weighted by molar-refractivity contribution is 6.78. The molecule has 0 unspecified atom stereocenters. The average molecular weight is 596 g/mol. The Hall–Kier alpha value is -3.77. The van der Waals surface area contributed by atoms with Crippen LogP contribution in [0.25, 0.3) is 28.5 Å². The van der Waals surface area contributed by atoms with E-state index >= 15 is 0 Å². The van der Waals surface area contributed by atoms with Crippen LogP contribution in [0.3, 0.4) is 0 Å². The molecule has 0 saturated heterocycles. The summed E-state index contributed by atoms with van der Waals surface area (Å²) < 4.78 is 20.1. The molecule has 5 nitrogen and oxygen atoms in total. The summed E-state index contributed by atoms with van der Waals surface area (Å²) >= 11 is 0. The zero-order valence-electron chi connectivity index (χ0n) is 27.2. The van der Waals surface area contributed by atoms with Gasteiger partial charge in [-0.2, -0.15) is 0 Å². The standard InChI is InChI=1S/C37H45NO4Si/c1-22(2)43(23(3)4,24(5)6)42-31-18-17-30-35(36(31)40-10)28-15-16-29-33(25(7)20-37(8,9)38-29)34(28)32(41-30)19-26-13-11-12-14-27(26)21-39/h11-24,38H,1-10H3. The molecule has 3 aromatic carbocycles. The molecule has 2 aliphatic heterocycles. The molecule has 0 amide bonds. The fourth-order valence-electron chi connectivity index (χ4n) is 7.45. The Bertz CT molecular complexity index is 1610. The summed E-state index contributed by atoms with van der Waals surface area (Å²) in [5.74, 6) is 2.84. The van der Waals surface area contributed by atoms with E-state index in [2.05, 4.69) is 85.8 Å². The van der Waals surface area contributed by atoms with Crippen LogP contribution in [-0.2, 0) is 0 Å². The van der Waals surface area contributed by atoms with Crippen LogP contribution in [0, 0.1) is 0 Å². The Morgan fingerprint density at radius 1 is 0.860 bits per heavy atom. The summed E-state index contributed by atoms with van der Waals surface area (Å²) in [7, 11) is -0.550. The number of ether oxygens (including phenoxy) is 2. The monoisotopic (exact) mass is 595 g/mol. The third-order valence-corrected chi connectivity index (χ3v) is 15.0. The van der Waals surface area contributed by atoms with Crippen LogP contribution in [0.15, 0.2) is 54.6 Å². The van der Waals surface area contributed by atoms with E-state index < -0.39 is 8.32 Å². The molecule has 3 aromatic rings. The van der Waals surface area contributed by atoms with Crippen LogP contribution >= 0.6 is 0 Å². The number of aldehydes is 1. The molecule has 0 aliphatic carbocycles. The van der Waals surface area contributed by atoms with Gasteiger partial charge in [-0.15, -0.1) is 0 Å². The van der Waals surface area contributed by atoms with E-state index in [1.54, 1.807) is 7.11 Å². The van der Waals surface area contributed by atoms with Crippen molar-refractivity contribution in [1.82, 2.24) is 0 Å². The molecule has 0 fully saturated rings. The molecular weight excluding hydrogens is 550 g/mol.